The van der Waals surface area contributed by atoms with E-state index in [1.165, 1.54) is 77.1 Å². The molecule has 0 atom stereocenters. The molecule has 2 heteroatoms. The molecular formula is C59H40N2. The molecule has 1 aliphatic carbocycles. The van der Waals surface area contributed by atoms with E-state index in [1.807, 2.05) is 0 Å². The number of aromatic nitrogens is 1. The van der Waals surface area contributed by atoms with Crippen LogP contribution < -0.4 is 4.90 Å². The molecule has 11 aromatic rings. The lowest BCUT2D eigenvalue weighted by Gasteiger charge is -2.34. The lowest BCUT2D eigenvalue weighted by Crippen LogP contribution is -2.28. The van der Waals surface area contributed by atoms with Crippen LogP contribution in [0.1, 0.15) is 22.3 Å². The molecule has 0 saturated carbocycles. The minimum Gasteiger partial charge on any atom is -0.310 e. The lowest BCUT2D eigenvalue weighted by atomic mass is 9.67. The van der Waals surface area contributed by atoms with Crippen molar-refractivity contribution in [3.8, 4) is 27.9 Å². The highest BCUT2D eigenvalue weighted by Gasteiger charge is 2.46. The first kappa shape index (κ1) is 35.0. The molecule has 0 unspecified atom stereocenters. The molecule has 0 radical (unpaired) electrons. The van der Waals surface area contributed by atoms with Gasteiger partial charge in [-0.15, -0.1) is 0 Å². The number of benzene rings is 10. The van der Waals surface area contributed by atoms with E-state index < -0.39 is 5.41 Å². The van der Waals surface area contributed by atoms with Gasteiger partial charge in [0.2, 0.25) is 0 Å². The van der Waals surface area contributed by atoms with Crippen LogP contribution in [0.25, 0.3) is 60.5 Å². The Balaban J connectivity index is 1.07. The van der Waals surface area contributed by atoms with Gasteiger partial charge in [-0.25, -0.2) is 0 Å². The Bertz CT molecular complexity index is 3340. The van der Waals surface area contributed by atoms with Crippen LogP contribution >= 0.6 is 0 Å². The zero-order chi connectivity index (χ0) is 40.3. The number of nitrogens with zero attached hydrogens (tertiary/aromatic N) is 2. The summed E-state index contributed by atoms with van der Waals surface area (Å²) in [5, 5.41) is 4.95. The van der Waals surface area contributed by atoms with Crippen LogP contribution in [0.2, 0.25) is 0 Å². The molecule has 1 aromatic heterocycles. The zero-order valence-corrected chi connectivity index (χ0v) is 33.5. The van der Waals surface area contributed by atoms with Crippen LogP contribution in [0.3, 0.4) is 0 Å². The summed E-state index contributed by atoms with van der Waals surface area (Å²) in [5.74, 6) is 0. The van der Waals surface area contributed by atoms with Gasteiger partial charge in [-0.3, -0.25) is 0 Å². The second kappa shape index (κ2) is 14.1. The van der Waals surface area contributed by atoms with Gasteiger partial charge in [0, 0.05) is 33.2 Å². The predicted octanol–water partition coefficient (Wildman–Crippen LogP) is 15.4. The van der Waals surface area contributed by atoms with Crippen molar-refractivity contribution >= 4 is 49.6 Å². The first-order valence-electron chi connectivity index (χ1n) is 21.1. The van der Waals surface area contributed by atoms with Gasteiger partial charge in [0.1, 0.15) is 0 Å². The minimum absolute atomic E-state index is 0.550. The van der Waals surface area contributed by atoms with E-state index in [9.17, 15) is 0 Å². The molecule has 12 rings (SSSR count). The molecule has 0 N–H and O–H groups in total. The molecule has 10 aromatic carbocycles. The van der Waals surface area contributed by atoms with Gasteiger partial charge in [-0.05, 0) is 117 Å². The fourth-order valence-corrected chi connectivity index (χ4v) is 10.2. The van der Waals surface area contributed by atoms with Crippen molar-refractivity contribution in [2.45, 2.75) is 5.41 Å². The van der Waals surface area contributed by atoms with E-state index in [4.69, 9.17) is 0 Å². The van der Waals surface area contributed by atoms with Crippen molar-refractivity contribution in [2.24, 2.45) is 0 Å². The van der Waals surface area contributed by atoms with E-state index in [1.54, 1.807) is 0 Å². The highest BCUT2D eigenvalue weighted by Crippen LogP contribution is 2.58. The first-order chi connectivity index (χ1) is 30.3. The van der Waals surface area contributed by atoms with E-state index >= 15 is 0 Å². The molecule has 0 saturated heterocycles. The van der Waals surface area contributed by atoms with Crippen molar-refractivity contribution in [3.63, 3.8) is 0 Å². The minimum atomic E-state index is -0.550. The molecule has 286 valence electrons. The molecule has 0 fully saturated rings. The van der Waals surface area contributed by atoms with Crippen LogP contribution in [-0.2, 0) is 5.41 Å². The van der Waals surface area contributed by atoms with E-state index in [0.717, 1.165) is 22.7 Å². The maximum atomic E-state index is 2.51. The molecule has 1 aliphatic rings. The van der Waals surface area contributed by atoms with Gasteiger partial charge >= 0.3 is 0 Å². The molecule has 2 nitrogen and oxygen atoms in total. The van der Waals surface area contributed by atoms with E-state index in [0.29, 0.717) is 0 Å². The molecule has 61 heavy (non-hydrogen) atoms. The highest BCUT2D eigenvalue weighted by molar-refractivity contribution is 6.12. The van der Waals surface area contributed by atoms with Crippen LogP contribution in [0.5, 0.6) is 0 Å². The van der Waals surface area contributed by atoms with Gasteiger partial charge in [0.05, 0.1) is 22.1 Å². The van der Waals surface area contributed by atoms with Crippen molar-refractivity contribution in [1.82, 2.24) is 4.57 Å². The number of para-hydroxylation sites is 3. The maximum Gasteiger partial charge on any atom is 0.0714 e. The molecule has 0 aliphatic heterocycles. The van der Waals surface area contributed by atoms with Crippen LogP contribution in [-0.4, -0.2) is 4.57 Å². The fourth-order valence-electron chi connectivity index (χ4n) is 10.2. The summed E-state index contributed by atoms with van der Waals surface area (Å²) >= 11 is 0. The Labute approximate surface area is 355 Å². The summed E-state index contributed by atoms with van der Waals surface area (Å²) in [4.78, 5) is 2.37. The SMILES string of the molecule is c1ccc(N(c2ccc(-c3ccc4c(c3)C(c3ccccc3)(c3ccccc3)c3cc5c6ccccc6n(-c6ccccc6)c5cc3-4)cc2)c2cccc3ccccc23)cc1. The molecule has 1 heterocycles. The Hall–Kier alpha value is -7.94. The topological polar surface area (TPSA) is 8.17 Å². The van der Waals surface area contributed by atoms with Crippen molar-refractivity contribution in [3.05, 3.63) is 265 Å². The third-order valence-corrected chi connectivity index (χ3v) is 12.8. The van der Waals surface area contributed by atoms with Crippen LogP contribution in [0.4, 0.5) is 17.1 Å². The number of anilines is 3. The molecule has 0 spiro atoms. The Morgan fingerprint density at radius 3 is 1.62 bits per heavy atom. The molecule has 0 amide bonds. The number of hydrogen-bond acceptors (Lipinski definition) is 1. The van der Waals surface area contributed by atoms with Gasteiger partial charge < -0.3 is 9.47 Å². The molecular weight excluding hydrogens is 737 g/mol. The number of hydrogen-bond donors (Lipinski definition) is 0. The lowest BCUT2D eigenvalue weighted by molar-refractivity contribution is 0.770. The second-order valence-electron chi connectivity index (χ2n) is 16.1. The highest BCUT2D eigenvalue weighted by atomic mass is 15.1. The zero-order valence-electron chi connectivity index (χ0n) is 33.5. The van der Waals surface area contributed by atoms with Crippen molar-refractivity contribution in [2.75, 3.05) is 4.90 Å². The number of rotatable bonds is 7. The largest absolute Gasteiger partial charge is 0.310 e. The Kier molecular flexibility index (Phi) is 8.11. The van der Waals surface area contributed by atoms with E-state index in [2.05, 4.69) is 252 Å². The van der Waals surface area contributed by atoms with Crippen LogP contribution in [0.15, 0.2) is 243 Å². The molecule has 0 bridgehead atoms. The quantitative estimate of drug-likeness (QED) is 0.156. The maximum absolute atomic E-state index is 2.51. The smallest absolute Gasteiger partial charge is 0.0714 e. The van der Waals surface area contributed by atoms with Gasteiger partial charge in [-0.1, -0.05) is 176 Å². The summed E-state index contributed by atoms with van der Waals surface area (Å²) in [6.45, 7) is 0. The van der Waals surface area contributed by atoms with Gasteiger partial charge in [-0.2, -0.15) is 0 Å². The third-order valence-electron chi connectivity index (χ3n) is 12.8. The van der Waals surface area contributed by atoms with Crippen molar-refractivity contribution in [1.29, 1.82) is 0 Å². The Morgan fingerprint density at radius 1 is 0.344 bits per heavy atom. The summed E-state index contributed by atoms with van der Waals surface area (Å²) in [6.07, 6.45) is 0. The standard InChI is InChI=1S/C59H40N2/c1-5-20-44(21-6-1)59(45-22-7-2-8-23-45)54-38-43(41-32-35-48(36-33-41)60(46-24-9-3-10-25-46)56-31-17-19-42-18-13-14-28-49(42)56)34-37-50(54)52-40-58-53(39-55(52)59)51-29-15-16-30-57(51)61(58)47-26-11-4-12-27-47/h1-40H. The van der Waals surface area contributed by atoms with Gasteiger partial charge in [0.25, 0.3) is 0 Å². The summed E-state index contributed by atoms with van der Waals surface area (Å²) in [6, 6.07) is 89.0. The third kappa shape index (κ3) is 5.43. The van der Waals surface area contributed by atoms with Gasteiger partial charge in [0.15, 0.2) is 0 Å². The summed E-state index contributed by atoms with van der Waals surface area (Å²) in [5.41, 5.74) is 16.4. The first-order valence-corrected chi connectivity index (χ1v) is 21.1. The Morgan fingerprint density at radius 2 is 0.902 bits per heavy atom. The fraction of sp³-hybridized carbons (Fsp3) is 0.0169. The summed E-state index contributed by atoms with van der Waals surface area (Å²) in [7, 11) is 0. The predicted molar refractivity (Wildman–Crippen MR) is 256 cm³/mol. The van der Waals surface area contributed by atoms with Crippen LogP contribution in [0, 0.1) is 0 Å². The normalized spacial score (nSPS) is 12.7. The number of fused-ring (bicyclic) bond motifs is 7. The second-order valence-corrected chi connectivity index (χ2v) is 16.1. The van der Waals surface area contributed by atoms with E-state index in [-0.39, 0.29) is 0 Å². The summed E-state index contributed by atoms with van der Waals surface area (Å²) < 4.78 is 2.43. The monoisotopic (exact) mass is 776 g/mol. The van der Waals surface area contributed by atoms with Crippen molar-refractivity contribution < 1.29 is 0 Å². The average Bonchev–Trinajstić information content (AvgIpc) is 3.82. The average molecular weight is 777 g/mol.